The van der Waals surface area contributed by atoms with Gasteiger partial charge < -0.3 is 9.47 Å². The summed E-state index contributed by atoms with van der Waals surface area (Å²) in [7, 11) is 1.42. The van der Waals surface area contributed by atoms with Gasteiger partial charge in [0.1, 0.15) is 0 Å². The highest BCUT2D eigenvalue weighted by atomic mass is 16.5. The third-order valence-electron chi connectivity index (χ3n) is 8.76. The van der Waals surface area contributed by atoms with E-state index in [1.807, 2.05) is 20.8 Å². The first kappa shape index (κ1) is 18.3. The molecule has 5 rings (SSSR count). The summed E-state index contributed by atoms with van der Waals surface area (Å²) in [4.78, 5) is 23.0. The van der Waals surface area contributed by atoms with Crippen molar-refractivity contribution in [1.82, 2.24) is 0 Å². The second kappa shape index (κ2) is 6.24. The van der Waals surface area contributed by atoms with Crippen molar-refractivity contribution in [2.24, 2.45) is 46.3 Å². The molecule has 4 saturated carbocycles. The first-order valence-electron chi connectivity index (χ1n) is 10.6. The van der Waals surface area contributed by atoms with Crippen molar-refractivity contribution >= 4 is 11.9 Å². The van der Waals surface area contributed by atoms with E-state index < -0.39 is 0 Å². The fourth-order valence-electron chi connectivity index (χ4n) is 7.26. The smallest absolute Gasteiger partial charge is 0.312 e. The van der Waals surface area contributed by atoms with E-state index in [4.69, 9.17) is 4.74 Å². The summed E-state index contributed by atoms with van der Waals surface area (Å²) in [5.74, 6) is 5.57. The molecule has 26 heavy (non-hydrogen) atoms. The number of esters is 2. The van der Waals surface area contributed by atoms with Crippen molar-refractivity contribution in [2.45, 2.75) is 65.7 Å². The molecule has 7 unspecified atom stereocenters. The lowest BCUT2D eigenvalue weighted by Gasteiger charge is -2.42. The maximum absolute atomic E-state index is 12.2. The molecule has 0 radical (unpaired) electrons. The average Bonchev–Trinajstić information content (AvgIpc) is 3.42. The number of methoxy groups -OCH3 is 1. The van der Waals surface area contributed by atoms with E-state index in [2.05, 4.69) is 4.74 Å². The molecule has 1 heterocycles. The average molecular weight is 363 g/mol. The van der Waals surface area contributed by atoms with E-state index >= 15 is 0 Å². The van der Waals surface area contributed by atoms with Crippen molar-refractivity contribution in [1.29, 1.82) is 0 Å². The van der Waals surface area contributed by atoms with Crippen LogP contribution in [0.2, 0.25) is 0 Å². The van der Waals surface area contributed by atoms with E-state index in [1.165, 1.54) is 39.2 Å². The van der Waals surface area contributed by atoms with E-state index in [9.17, 15) is 9.59 Å². The predicted molar refractivity (Wildman–Crippen MR) is 98.1 cm³/mol. The third kappa shape index (κ3) is 2.46. The maximum Gasteiger partial charge on any atom is 0.312 e. The van der Waals surface area contributed by atoms with Gasteiger partial charge in [0.25, 0.3) is 0 Å². The summed E-state index contributed by atoms with van der Waals surface area (Å²) in [5.41, 5.74) is -0.314. The topological polar surface area (TPSA) is 52.6 Å². The molecule has 4 heteroatoms. The first-order chi connectivity index (χ1) is 12.3. The molecule has 7 atom stereocenters. The van der Waals surface area contributed by atoms with E-state index in [-0.39, 0.29) is 22.8 Å². The third-order valence-corrected chi connectivity index (χ3v) is 8.76. The number of hydrogen-bond acceptors (Lipinski definition) is 4. The molecule has 1 aliphatic heterocycles. The molecule has 4 aliphatic carbocycles. The number of cyclic esters (lactones) is 1. The molecular weight excluding hydrogens is 328 g/mol. The minimum absolute atomic E-state index is 0.00366. The molecule has 4 nitrogen and oxygen atoms in total. The largest absolute Gasteiger partial charge is 0.469 e. The Morgan fingerprint density at radius 2 is 1.88 bits per heavy atom. The number of carbonyl (C=O) groups excluding carboxylic acids is 2. The van der Waals surface area contributed by atoms with Gasteiger partial charge in [-0.15, -0.1) is 0 Å². The van der Waals surface area contributed by atoms with Crippen LogP contribution < -0.4 is 0 Å². The van der Waals surface area contributed by atoms with Crippen molar-refractivity contribution < 1.29 is 19.1 Å². The summed E-state index contributed by atoms with van der Waals surface area (Å²) in [6, 6.07) is 0. The fraction of sp³-hybridized carbons (Fsp3) is 0.909. The second-order valence-electron chi connectivity index (χ2n) is 10.1. The summed E-state index contributed by atoms with van der Waals surface area (Å²) in [5, 5.41) is 0. The zero-order valence-corrected chi connectivity index (χ0v) is 16.8. The van der Waals surface area contributed by atoms with Crippen LogP contribution in [0.15, 0.2) is 0 Å². The van der Waals surface area contributed by atoms with E-state index in [1.54, 1.807) is 0 Å². The van der Waals surface area contributed by atoms with Gasteiger partial charge in [0.2, 0.25) is 0 Å². The van der Waals surface area contributed by atoms with Crippen molar-refractivity contribution in [3.63, 3.8) is 0 Å². The minimum atomic E-state index is -0.311. The van der Waals surface area contributed by atoms with Crippen LogP contribution in [0.25, 0.3) is 0 Å². The Kier molecular flexibility index (Phi) is 4.39. The molecule has 0 aromatic heterocycles. The number of carbonyl (C=O) groups is 2. The van der Waals surface area contributed by atoms with Gasteiger partial charge in [-0.25, -0.2) is 0 Å². The van der Waals surface area contributed by atoms with Crippen molar-refractivity contribution in [2.75, 3.05) is 13.7 Å². The Morgan fingerprint density at radius 3 is 2.42 bits per heavy atom. The quantitative estimate of drug-likeness (QED) is 0.545. The van der Waals surface area contributed by atoms with E-state index in [0.29, 0.717) is 12.5 Å². The van der Waals surface area contributed by atoms with Crippen LogP contribution in [-0.2, 0) is 19.1 Å². The number of hydrogen-bond donors (Lipinski definition) is 0. The zero-order valence-electron chi connectivity index (χ0n) is 16.8. The highest BCUT2D eigenvalue weighted by molar-refractivity contribution is 5.80. The lowest BCUT2D eigenvalue weighted by atomic mass is 9.60. The normalized spacial score (nSPS) is 44.7. The Hall–Kier alpha value is -1.06. The Labute approximate surface area is 157 Å². The molecule has 0 N–H and O–H groups in total. The number of rotatable bonds is 2. The van der Waals surface area contributed by atoms with Gasteiger partial charge in [0, 0.05) is 0 Å². The maximum atomic E-state index is 12.2. The van der Waals surface area contributed by atoms with Gasteiger partial charge in [0.15, 0.2) is 0 Å². The van der Waals surface area contributed by atoms with Crippen LogP contribution in [0.4, 0.5) is 0 Å². The van der Waals surface area contributed by atoms with Crippen LogP contribution in [0.5, 0.6) is 0 Å². The SMILES string of the molecule is CCC(C)(C)C(=O)OC.O=C1OCCC12CC1CC2C2C3CCC(C3)C12. The van der Waals surface area contributed by atoms with Gasteiger partial charge in [-0.3, -0.25) is 9.59 Å². The highest BCUT2D eigenvalue weighted by Crippen LogP contribution is 2.73. The Balaban J connectivity index is 0.000000163. The molecular formula is C22H34O4. The van der Waals surface area contributed by atoms with E-state index in [0.717, 1.165) is 42.4 Å². The summed E-state index contributed by atoms with van der Waals surface area (Å²) in [6.45, 7) is 6.42. The van der Waals surface area contributed by atoms with Gasteiger partial charge in [0.05, 0.1) is 24.5 Å². The molecule has 4 bridgehead atoms. The summed E-state index contributed by atoms with van der Waals surface area (Å²) < 4.78 is 9.90. The Morgan fingerprint density at radius 1 is 1.19 bits per heavy atom. The monoisotopic (exact) mass is 362 g/mol. The zero-order chi connectivity index (χ0) is 18.7. The summed E-state index contributed by atoms with van der Waals surface area (Å²) in [6.07, 6.45) is 8.84. The van der Waals surface area contributed by atoms with Gasteiger partial charge in [-0.05, 0) is 94.3 Å². The number of fused-ring (bicyclic) bond motifs is 10. The standard InChI is InChI=1S/C15H20O2.C7H14O2/c16-14-15(3-4-17-14)7-10-6-11(15)13-9-2-1-8(5-9)12(10)13;1-5-7(2,3)6(8)9-4/h8-13H,1-7H2;5H2,1-4H3. The van der Waals surface area contributed by atoms with Crippen LogP contribution in [-0.4, -0.2) is 25.7 Å². The van der Waals surface area contributed by atoms with Crippen LogP contribution >= 0.6 is 0 Å². The van der Waals surface area contributed by atoms with Gasteiger partial charge >= 0.3 is 11.9 Å². The summed E-state index contributed by atoms with van der Waals surface area (Å²) >= 11 is 0. The highest BCUT2D eigenvalue weighted by Gasteiger charge is 2.70. The second-order valence-corrected chi connectivity index (χ2v) is 10.1. The van der Waals surface area contributed by atoms with Crippen LogP contribution in [0.1, 0.15) is 65.7 Å². The molecule has 1 saturated heterocycles. The van der Waals surface area contributed by atoms with Crippen LogP contribution in [0.3, 0.4) is 0 Å². The molecule has 5 aliphatic rings. The fourth-order valence-corrected chi connectivity index (χ4v) is 7.26. The molecule has 1 spiro atoms. The predicted octanol–water partition coefficient (Wildman–Crippen LogP) is 4.22. The molecule has 0 amide bonds. The lowest BCUT2D eigenvalue weighted by molar-refractivity contribution is -0.151. The molecule has 146 valence electrons. The van der Waals surface area contributed by atoms with Crippen molar-refractivity contribution in [3.05, 3.63) is 0 Å². The van der Waals surface area contributed by atoms with Gasteiger partial charge in [-0.2, -0.15) is 0 Å². The minimum Gasteiger partial charge on any atom is -0.469 e. The van der Waals surface area contributed by atoms with Gasteiger partial charge in [-0.1, -0.05) is 6.92 Å². The van der Waals surface area contributed by atoms with Crippen molar-refractivity contribution in [3.8, 4) is 0 Å². The molecule has 0 aromatic rings. The Bertz CT molecular complexity index is 597. The lowest BCUT2D eigenvalue weighted by Crippen LogP contribution is -2.42. The van der Waals surface area contributed by atoms with Crippen LogP contribution in [0, 0.1) is 46.3 Å². The molecule has 0 aromatic carbocycles. The first-order valence-corrected chi connectivity index (χ1v) is 10.6. The number of ether oxygens (including phenoxy) is 2. The molecule has 5 fully saturated rings.